The number of aromatic nitrogens is 2. The zero-order chi connectivity index (χ0) is 23.0. The molecule has 2 N–H and O–H groups in total. The summed E-state index contributed by atoms with van der Waals surface area (Å²) in [5.41, 5.74) is 5.35. The molecule has 0 saturated heterocycles. The van der Waals surface area contributed by atoms with Crippen LogP contribution in [0.4, 0.5) is 5.82 Å². The Hall–Kier alpha value is -3.35. The molecule has 0 spiro atoms. The molecule has 1 heterocycles. The van der Waals surface area contributed by atoms with Gasteiger partial charge < -0.3 is 10.4 Å². The van der Waals surface area contributed by atoms with Gasteiger partial charge in [0.15, 0.2) is 5.82 Å². The predicted octanol–water partition coefficient (Wildman–Crippen LogP) is 5.36. The van der Waals surface area contributed by atoms with Crippen LogP contribution in [-0.2, 0) is 30.7 Å². The molecule has 0 saturated carbocycles. The molecule has 0 aliphatic carbocycles. The van der Waals surface area contributed by atoms with E-state index in [0.717, 1.165) is 39.0 Å². The summed E-state index contributed by atoms with van der Waals surface area (Å²) in [4.78, 5) is 22.1. The van der Waals surface area contributed by atoms with E-state index in [0.29, 0.717) is 12.2 Å². The first-order valence-corrected chi connectivity index (χ1v) is 11.5. The normalized spacial score (nSPS) is 10.7. The number of carbonyl (C=O) groups excluding carboxylic acids is 1. The van der Waals surface area contributed by atoms with Crippen LogP contribution < -0.4 is 5.32 Å². The largest absolute Gasteiger partial charge is 0.392 e. The molecular formula is C27H24BrN3O2. The lowest BCUT2D eigenvalue weighted by molar-refractivity contribution is -0.115. The average molecular weight is 502 g/mol. The molecule has 0 fully saturated rings. The minimum Gasteiger partial charge on any atom is -0.392 e. The molecule has 0 bridgehead atoms. The molecule has 3 aromatic carbocycles. The Morgan fingerprint density at radius 2 is 1.55 bits per heavy atom. The van der Waals surface area contributed by atoms with Crippen molar-refractivity contribution in [2.75, 3.05) is 5.32 Å². The van der Waals surface area contributed by atoms with E-state index in [4.69, 9.17) is 4.98 Å². The minimum atomic E-state index is -0.132. The number of aryl methyl sites for hydroxylation is 2. The minimum absolute atomic E-state index is 0.00236. The number of halogens is 1. The third-order valence-electron chi connectivity index (χ3n) is 5.31. The zero-order valence-electron chi connectivity index (χ0n) is 18.0. The van der Waals surface area contributed by atoms with Crippen molar-refractivity contribution >= 4 is 27.7 Å². The van der Waals surface area contributed by atoms with Crippen molar-refractivity contribution in [2.45, 2.75) is 25.9 Å². The van der Waals surface area contributed by atoms with Crippen LogP contribution in [0.1, 0.15) is 22.4 Å². The lowest BCUT2D eigenvalue weighted by atomic mass is 10.1. The molecule has 0 aliphatic rings. The Balaban J connectivity index is 1.56. The van der Waals surface area contributed by atoms with Crippen molar-refractivity contribution < 1.29 is 9.90 Å². The lowest BCUT2D eigenvalue weighted by Crippen LogP contribution is -2.17. The van der Waals surface area contributed by atoms with Crippen molar-refractivity contribution in [3.8, 4) is 11.3 Å². The first-order chi connectivity index (χ1) is 16.1. The van der Waals surface area contributed by atoms with Crippen LogP contribution in [0.25, 0.3) is 11.3 Å². The van der Waals surface area contributed by atoms with Gasteiger partial charge in [-0.3, -0.25) is 4.79 Å². The standard InChI is InChI=1S/C27H24BrN3O2/c28-23-13-8-20(9-14-23)16-26(33)31-27-24(15-10-19-4-2-1-3-5-19)30-25(17-29-27)22-11-6-21(18-32)7-12-22/h1-9,11-14,17,32H,10,15-16,18H2,(H,29,31,33). The van der Waals surface area contributed by atoms with Gasteiger partial charge in [0.25, 0.3) is 0 Å². The van der Waals surface area contributed by atoms with E-state index in [9.17, 15) is 9.90 Å². The molecule has 0 atom stereocenters. The third-order valence-corrected chi connectivity index (χ3v) is 5.83. The third kappa shape index (κ3) is 6.34. The lowest BCUT2D eigenvalue weighted by Gasteiger charge is -2.12. The molecule has 5 nitrogen and oxygen atoms in total. The Labute approximate surface area is 201 Å². The number of hydrogen-bond donors (Lipinski definition) is 2. The van der Waals surface area contributed by atoms with E-state index in [-0.39, 0.29) is 18.9 Å². The van der Waals surface area contributed by atoms with Crippen molar-refractivity contribution in [2.24, 2.45) is 0 Å². The highest BCUT2D eigenvalue weighted by Gasteiger charge is 2.13. The first-order valence-electron chi connectivity index (χ1n) is 10.7. The van der Waals surface area contributed by atoms with Gasteiger partial charge in [-0.2, -0.15) is 0 Å². The van der Waals surface area contributed by atoms with Gasteiger partial charge in [-0.25, -0.2) is 9.97 Å². The van der Waals surface area contributed by atoms with Crippen LogP contribution in [0.2, 0.25) is 0 Å². The summed E-state index contributed by atoms with van der Waals surface area (Å²) in [6.07, 6.45) is 3.37. The molecule has 33 heavy (non-hydrogen) atoms. The summed E-state index contributed by atoms with van der Waals surface area (Å²) in [5, 5.41) is 12.2. The number of carbonyl (C=O) groups is 1. The number of rotatable bonds is 8. The smallest absolute Gasteiger partial charge is 0.229 e. The van der Waals surface area contributed by atoms with Gasteiger partial charge in [0.2, 0.25) is 5.91 Å². The van der Waals surface area contributed by atoms with Crippen molar-refractivity contribution in [3.63, 3.8) is 0 Å². The Morgan fingerprint density at radius 3 is 2.24 bits per heavy atom. The maximum atomic E-state index is 12.7. The Kier molecular flexibility index (Phi) is 7.60. The predicted molar refractivity (Wildman–Crippen MR) is 134 cm³/mol. The molecular weight excluding hydrogens is 478 g/mol. The number of aliphatic hydroxyl groups is 1. The zero-order valence-corrected chi connectivity index (χ0v) is 19.6. The van der Waals surface area contributed by atoms with Crippen LogP contribution in [0.3, 0.4) is 0 Å². The van der Waals surface area contributed by atoms with Gasteiger partial charge in [0.05, 0.1) is 30.6 Å². The van der Waals surface area contributed by atoms with Crippen molar-refractivity contribution in [1.29, 1.82) is 0 Å². The fourth-order valence-electron chi connectivity index (χ4n) is 3.50. The second-order valence-electron chi connectivity index (χ2n) is 7.74. The summed E-state index contributed by atoms with van der Waals surface area (Å²) in [6.45, 7) is -0.00236. The molecule has 166 valence electrons. The van der Waals surface area contributed by atoms with E-state index in [1.165, 1.54) is 5.56 Å². The van der Waals surface area contributed by atoms with Gasteiger partial charge in [0.1, 0.15) is 0 Å². The van der Waals surface area contributed by atoms with Crippen molar-refractivity contribution in [3.05, 3.63) is 112 Å². The molecule has 0 aliphatic heterocycles. The highest BCUT2D eigenvalue weighted by molar-refractivity contribution is 9.10. The van der Waals surface area contributed by atoms with Crippen LogP contribution in [0, 0.1) is 0 Å². The maximum Gasteiger partial charge on any atom is 0.229 e. The van der Waals surface area contributed by atoms with E-state index in [1.807, 2.05) is 66.7 Å². The number of nitrogens with zero attached hydrogens (tertiary/aromatic N) is 2. The number of benzene rings is 3. The van der Waals surface area contributed by atoms with Gasteiger partial charge >= 0.3 is 0 Å². The number of anilines is 1. The molecule has 0 unspecified atom stereocenters. The summed E-state index contributed by atoms with van der Waals surface area (Å²) in [6, 6.07) is 25.4. The summed E-state index contributed by atoms with van der Waals surface area (Å²) in [5.74, 6) is 0.358. The summed E-state index contributed by atoms with van der Waals surface area (Å²) >= 11 is 3.41. The molecule has 1 amide bonds. The maximum absolute atomic E-state index is 12.7. The fraction of sp³-hybridized carbons (Fsp3) is 0.148. The molecule has 1 aromatic heterocycles. The molecule has 4 aromatic rings. The van der Waals surface area contributed by atoms with Crippen LogP contribution in [-0.4, -0.2) is 21.0 Å². The topological polar surface area (TPSA) is 75.1 Å². The van der Waals surface area contributed by atoms with E-state index >= 15 is 0 Å². The monoisotopic (exact) mass is 501 g/mol. The number of hydrogen-bond acceptors (Lipinski definition) is 4. The number of nitrogens with one attached hydrogen (secondary N) is 1. The Morgan fingerprint density at radius 1 is 0.848 bits per heavy atom. The van der Waals surface area contributed by atoms with Gasteiger partial charge in [0, 0.05) is 10.0 Å². The highest BCUT2D eigenvalue weighted by Crippen LogP contribution is 2.22. The highest BCUT2D eigenvalue weighted by atomic mass is 79.9. The SMILES string of the molecule is O=C(Cc1ccc(Br)cc1)Nc1ncc(-c2ccc(CO)cc2)nc1CCc1ccccc1. The second kappa shape index (κ2) is 11.0. The average Bonchev–Trinajstić information content (AvgIpc) is 2.85. The molecule has 4 rings (SSSR count). The summed E-state index contributed by atoms with van der Waals surface area (Å²) < 4.78 is 0.975. The van der Waals surface area contributed by atoms with Crippen LogP contribution in [0.5, 0.6) is 0 Å². The fourth-order valence-corrected chi connectivity index (χ4v) is 3.76. The molecule has 6 heteroatoms. The van der Waals surface area contributed by atoms with E-state index in [2.05, 4.69) is 38.4 Å². The number of amides is 1. The number of aliphatic hydroxyl groups excluding tert-OH is 1. The Bertz CT molecular complexity index is 1210. The van der Waals surface area contributed by atoms with Crippen molar-refractivity contribution in [1.82, 2.24) is 9.97 Å². The second-order valence-corrected chi connectivity index (χ2v) is 8.66. The van der Waals surface area contributed by atoms with Gasteiger partial charge in [-0.1, -0.05) is 82.7 Å². The molecule has 0 radical (unpaired) electrons. The quantitative estimate of drug-likeness (QED) is 0.340. The van der Waals surface area contributed by atoms with Crippen LogP contribution in [0.15, 0.2) is 89.5 Å². The van der Waals surface area contributed by atoms with Crippen LogP contribution >= 0.6 is 15.9 Å². The van der Waals surface area contributed by atoms with Gasteiger partial charge in [-0.05, 0) is 41.7 Å². The first kappa shape index (κ1) is 22.8. The van der Waals surface area contributed by atoms with E-state index < -0.39 is 0 Å². The van der Waals surface area contributed by atoms with E-state index in [1.54, 1.807) is 6.20 Å². The summed E-state index contributed by atoms with van der Waals surface area (Å²) in [7, 11) is 0. The van der Waals surface area contributed by atoms with Gasteiger partial charge in [-0.15, -0.1) is 0 Å².